The Morgan fingerprint density at radius 3 is 2.41 bits per heavy atom. The van der Waals surface area contributed by atoms with Gasteiger partial charge < -0.3 is 5.11 Å². The largest absolute Gasteiger partial charge is 0.477 e. The van der Waals surface area contributed by atoms with Crippen LogP contribution in [0.4, 0.5) is 0 Å². The predicted molar refractivity (Wildman–Crippen MR) is 71.7 cm³/mol. The maximum absolute atomic E-state index is 10.8. The van der Waals surface area contributed by atoms with Gasteiger partial charge in [-0.05, 0) is 31.9 Å². The number of nitrogens with zero attached hydrogens (tertiary/aromatic N) is 1. The first-order valence-corrected chi connectivity index (χ1v) is 6.78. The Labute approximate surface area is 107 Å². The number of rotatable bonds is 6. The van der Waals surface area contributed by atoms with Gasteiger partial charge in [-0.25, -0.2) is 4.79 Å². The summed E-state index contributed by atoms with van der Waals surface area (Å²) in [5.41, 5.74) is 0. The molecule has 1 heterocycles. The van der Waals surface area contributed by atoms with Crippen molar-refractivity contribution in [2.45, 2.75) is 40.3 Å². The summed E-state index contributed by atoms with van der Waals surface area (Å²) < 4.78 is 0. The molecule has 0 bridgehead atoms. The van der Waals surface area contributed by atoms with Crippen molar-refractivity contribution in [1.29, 1.82) is 0 Å². The van der Waals surface area contributed by atoms with Gasteiger partial charge in [0, 0.05) is 24.0 Å². The molecule has 3 nitrogen and oxygen atoms in total. The maximum atomic E-state index is 10.8. The van der Waals surface area contributed by atoms with E-state index in [1.807, 2.05) is 6.07 Å². The minimum absolute atomic E-state index is 0.424. The van der Waals surface area contributed by atoms with E-state index in [2.05, 4.69) is 32.6 Å². The van der Waals surface area contributed by atoms with Crippen LogP contribution in [0.25, 0.3) is 0 Å². The fraction of sp³-hybridized carbons (Fsp3) is 0.615. The zero-order valence-corrected chi connectivity index (χ0v) is 11.8. The Balaban J connectivity index is 2.68. The van der Waals surface area contributed by atoms with Crippen molar-refractivity contribution in [2.75, 3.05) is 6.54 Å². The summed E-state index contributed by atoms with van der Waals surface area (Å²) in [6.07, 6.45) is 0. The number of carboxylic acids is 1. The molecule has 17 heavy (non-hydrogen) atoms. The maximum Gasteiger partial charge on any atom is 0.345 e. The van der Waals surface area contributed by atoms with Gasteiger partial charge in [0.1, 0.15) is 4.88 Å². The van der Waals surface area contributed by atoms with Crippen molar-refractivity contribution >= 4 is 17.3 Å². The number of carbonyl (C=O) groups is 1. The second-order valence-electron chi connectivity index (χ2n) is 4.99. The van der Waals surface area contributed by atoms with Gasteiger partial charge in [0.2, 0.25) is 0 Å². The third-order valence-corrected chi connectivity index (χ3v) is 3.62. The van der Waals surface area contributed by atoms with E-state index in [1.165, 1.54) is 11.3 Å². The molecule has 1 rings (SSSR count). The molecule has 0 atom stereocenters. The van der Waals surface area contributed by atoms with Crippen LogP contribution >= 0.6 is 11.3 Å². The lowest BCUT2D eigenvalue weighted by Crippen LogP contribution is -2.33. The van der Waals surface area contributed by atoms with Gasteiger partial charge in [-0.3, -0.25) is 4.90 Å². The highest BCUT2D eigenvalue weighted by atomic mass is 32.1. The van der Waals surface area contributed by atoms with E-state index in [-0.39, 0.29) is 0 Å². The molecule has 0 amide bonds. The monoisotopic (exact) mass is 255 g/mol. The summed E-state index contributed by atoms with van der Waals surface area (Å²) in [5.74, 6) is -0.211. The number of carboxylic acid groups (broad SMARTS) is 1. The van der Waals surface area contributed by atoms with E-state index >= 15 is 0 Å². The molecule has 1 N–H and O–H groups in total. The number of aromatic carboxylic acids is 1. The number of thiophene rings is 1. The molecule has 96 valence electrons. The fourth-order valence-electron chi connectivity index (χ4n) is 1.70. The van der Waals surface area contributed by atoms with Crippen LogP contribution in [-0.2, 0) is 6.54 Å². The van der Waals surface area contributed by atoms with Crippen LogP contribution in [-0.4, -0.2) is 28.6 Å². The summed E-state index contributed by atoms with van der Waals surface area (Å²) in [5, 5.41) is 8.88. The fourth-order valence-corrected chi connectivity index (χ4v) is 2.58. The molecular weight excluding hydrogens is 234 g/mol. The molecule has 0 aliphatic rings. The van der Waals surface area contributed by atoms with E-state index in [9.17, 15) is 4.79 Å². The zero-order valence-electron chi connectivity index (χ0n) is 10.9. The van der Waals surface area contributed by atoms with Crippen LogP contribution in [0.15, 0.2) is 12.1 Å². The number of hydrogen-bond acceptors (Lipinski definition) is 3. The van der Waals surface area contributed by atoms with Gasteiger partial charge in [-0.15, -0.1) is 11.3 Å². The van der Waals surface area contributed by atoms with Gasteiger partial charge in [0.15, 0.2) is 0 Å². The average Bonchev–Trinajstić information content (AvgIpc) is 2.64. The van der Waals surface area contributed by atoms with Crippen molar-refractivity contribution in [1.82, 2.24) is 4.90 Å². The van der Waals surface area contributed by atoms with Crippen LogP contribution in [0.2, 0.25) is 0 Å². The second kappa shape index (κ2) is 6.17. The van der Waals surface area contributed by atoms with Crippen molar-refractivity contribution in [2.24, 2.45) is 5.92 Å². The summed E-state index contributed by atoms with van der Waals surface area (Å²) in [6, 6.07) is 4.09. The molecule has 0 fully saturated rings. The van der Waals surface area contributed by atoms with Crippen molar-refractivity contribution < 1.29 is 9.90 Å². The third-order valence-electron chi connectivity index (χ3n) is 2.56. The standard InChI is InChI=1S/C13H21NO2S/c1-9(2)7-14(10(3)4)8-11-5-6-12(17-11)13(15)16/h5-6,9-10H,7-8H2,1-4H3,(H,15,16). The number of hydrogen-bond donors (Lipinski definition) is 1. The quantitative estimate of drug-likeness (QED) is 0.847. The van der Waals surface area contributed by atoms with Crippen LogP contribution in [0, 0.1) is 5.92 Å². The zero-order chi connectivity index (χ0) is 13.0. The molecule has 4 heteroatoms. The first kappa shape index (κ1) is 14.2. The molecule has 1 aromatic rings. The highest BCUT2D eigenvalue weighted by Gasteiger charge is 2.14. The van der Waals surface area contributed by atoms with Crippen molar-refractivity contribution in [3.8, 4) is 0 Å². The van der Waals surface area contributed by atoms with Crippen LogP contribution in [0.5, 0.6) is 0 Å². The third kappa shape index (κ3) is 4.48. The minimum atomic E-state index is -0.832. The first-order valence-electron chi connectivity index (χ1n) is 5.96. The molecule has 0 radical (unpaired) electrons. The predicted octanol–water partition coefficient (Wildman–Crippen LogP) is 3.31. The Morgan fingerprint density at radius 2 is 2.00 bits per heavy atom. The minimum Gasteiger partial charge on any atom is -0.477 e. The van der Waals surface area contributed by atoms with Gasteiger partial charge in [-0.2, -0.15) is 0 Å². The molecule has 1 aromatic heterocycles. The average molecular weight is 255 g/mol. The van der Waals surface area contributed by atoms with Gasteiger partial charge in [-0.1, -0.05) is 13.8 Å². The highest BCUT2D eigenvalue weighted by Crippen LogP contribution is 2.20. The smallest absolute Gasteiger partial charge is 0.345 e. The molecule has 0 saturated heterocycles. The normalized spacial score (nSPS) is 11.7. The van der Waals surface area contributed by atoms with E-state index in [0.29, 0.717) is 16.8 Å². The molecule has 0 aromatic carbocycles. The topological polar surface area (TPSA) is 40.5 Å². The molecule has 0 unspecified atom stereocenters. The van der Waals surface area contributed by atoms with Crippen molar-refractivity contribution in [3.05, 3.63) is 21.9 Å². The Bertz CT molecular complexity index is 371. The highest BCUT2D eigenvalue weighted by molar-refractivity contribution is 7.13. The molecule has 0 aliphatic heterocycles. The molecular formula is C13H21NO2S. The van der Waals surface area contributed by atoms with Crippen LogP contribution in [0.3, 0.4) is 0 Å². The van der Waals surface area contributed by atoms with Crippen LogP contribution in [0.1, 0.15) is 42.2 Å². The molecule has 0 saturated carbocycles. The SMILES string of the molecule is CC(C)CN(Cc1ccc(C(=O)O)s1)C(C)C. The summed E-state index contributed by atoms with van der Waals surface area (Å²) in [4.78, 5) is 14.7. The van der Waals surface area contributed by atoms with E-state index in [0.717, 1.165) is 18.0 Å². The Morgan fingerprint density at radius 1 is 1.35 bits per heavy atom. The second-order valence-corrected chi connectivity index (χ2v) is 6.16. The Kier molecular flexibility index (Phi) is 5.15. The Hall–Kier alpha value is -0.870. The summed E-state index contributed by atoms with van der Waals surface area (Å²) >= 11 is 1.37. The van der Waals surface area contributed by atoms with E-state index < -0.39 is 5.97 Å². The lowest BCUT2D eigenvalue weighted by molar-refractivity contribution is 0.0702. The molecule has 0 aliphatic carbocycles. The lowest BCUT2D eigenvalue weighted by Gasteiger charge is -2.27. The lowest BCUT2D eigenvalue weighted by atomic mass is 10.2. The summed E-state index contributed by atoms with van der Waals surface area (Å²) in [7, 11) is 0. The van der Waals surface area contributed by atoms with Gasteiger partial charge in [0.05, 0.1) is 0 Å². The van der Waals surface area contributed by atoms with E-state index in [1.54, 1.807) is 6.07 Å². The van der Waals surface area contributed by atoms with E-state index in [4.69, 9.17) is 5.11 Å². The van der Waals surface area contributed by atoms with Crippen LogP contribution < -0.4 is 0 Å². The first-order chi connectivity index (χ1) is 7.90. The van der Waals surface area contributed by atoms with Gasteiger partial charge >= 0.3 is 5.97 Å². The van der Waals surface area contributed by atoms with Gasteiger partial charge in [0.25, 0.3) is 0 Å². The molecule has 0 spiro atoms. The van der Waals surface area contributed by atoms with Crippen molar-refractivity contribution in [3.63, 3.8) is 0 Å². The summed E-state index contributed by atoms with van der Waals surface area (Å²) in [6.45, 7) is 10.6.